The Labute approximate surface area is 171 Å². The van der Waals surface area contributed by atoms with E-state index >= 15 is 0 Å². The fourth-order valence-corrected chi connectivity index (χ4v) is 2.75. The van der Waals surface area contributed by atoms with Gasteiger partial charge in [0.1, 0.15) is 15.9 Å². The zero-order valence-electron chi connectivity index (χ0n) is 14.8. The van der Waals surface area contributed by atoms with Crippen LogP contribution >= 0.6 is 15.9 Å². The number of ether oxygens (including phenoxy) is 2. The van der Waals surface area contributed by atoms with Gasteiger partial charge in [0.2, 0.25) is 5.88 Å². The largest absolute Gasteiger partial charge is 0.465 e. The van der Waals surface area contributed by atoms with Gasteiger partial charge in [0.15, 0.2) is 0 Å². The Morgan fingerprint density at radius 3 is 2.48 bits per heavy atom. The highest BCUT2D eigenvalue weighted by Gasteiger charge is 2.35. The monoisotopic (exact) mass is 467 g/mol. The van der Waals surface area contributed by atoms with E-state index in [1.54, 1.807) is 18.3 Å². The van der Waals surface area contributed by atoms with E-state index in [1.807, 2.05) is 0 Å². The molecule has 0 atom stereocenters. The number of hydrogen-bond donors (Lipinski definition) is 1. The van der Waals surface area contributed by atoms with Crippen molar-refractivity contribution in [3.05, 3.63) is 70.6 Å². The van der Waals surface area contributed by atoms with Crippen LogP contribution in [-0.4, -0.2) is 23.0 Å². The highest BCUT2D eigenvalue weighted by Crippen LogP contribution is 2.37. The van der Waals surface area contributed by atoms with Crippen LogP contribution in [0, 0.1) is 0 Å². The Bertz CT molecular complexity index is 1040. The summed E-state index contributed by atoms with van der Waals surface area (Å²) in [5.74, 6) is -1.33. The van der Waals surface area contributed by atoms with Gasteiger partial charge in [-0.15, -0.1) is 0 Å². The van der Waals surface area contributed by atoms with Crippen molar-refractivity contribution in [1.82, 2.24) is 9.97 Å². The summed E-state index contributed by atoms with van der Waals surface area (Å²) in [7, 11) is 1.19. The maximum absolute atomic E-state index is 13.1. The van der Waals surface area contributed by atoms with E-state index in [-0.39, 0.29) is 11.3 Å². The van der Waals surface area contributed by atoms with Crippen molar-refractivity contribution in [3.63, 3.8) is 0 Å². The van der Waals surface area contributed by atoms with Crippen LogP contribution in [0.3, 0.4) is 0 Å². The number of pyridine rings is 2. The Morgan fingerprint density at radius 1 is 1.07 bits per heavy atom. The molecule has 3 aromatic rings. The van der Waals surface area contributed by atoms with Crippen molar-refractivity contribution in [2.45, 2.75) is 6.18 Å². The fraction of sp³-hybridized carbons (Fsp3) is 0.105. The summed E-state index contributed by atoms with van der Waals surface area (Å²) < 4.78 is 50.0. The van der Waals surface area contributed by atoms with Gasteiger partial charge in [-0.05, 0) is 58.4 Å². The van der Waals surface area contributed by atoms with E-state index in [2.05, 4.69) is 31.2 Å². The quantitative estimate of drug-likeness (QED) is 0.390. The van der Waals surface area contributed by atoms with Crippen LogP contribution in [0.15, 0.2) is 59.5 Å². The van der Waals surface area contributed by atoms with E-state index in [4.69, 9.17) is 9.47 Å². The molecule has 0 aliphatic carbocycles. The molecule has 10 heteroatoms. The lowest BCUT2D eigenvalue weighted by Crippen LogP contribution is -2.09. The third-order valence-corrected chi connectivity index (χ3v) is 4.35. The normalized spacial score (nSPS) is 11.1. The van der Waals surface area contributed by atoms with E-state index in [1.165, 1.54) is 31.5 Å². The number of esters is 1. The molecule has 0 radical (unpaired) electrons. The third kappa shape index (κ3) is 4.83. The summed E-state index contributed by atoms with van der Waals surface area (Å²) in [4.78, 5) is 19.9. The van der Waals surface area contributed by atoms with Crippen molar-refractivity contribution in [2.24, 2.45) is 0 Å². The summed E-state index contributed by atoms with van der Waals surface area (Å²) in [5, 5.41) is 3.02. The van der Waals surface area contributed by atoms with Crippen LogP contribution < -0.4 is 10.1 Å². The lowest BCUT2D eigenvalue weighted by Gasteiger charge is -2.15. The number of benzene rings is 1. The standard InChI is InChI=1S/C19H13BrF3N3O3/c1-28-18(27)12-10-11(29-17-13(19(21,22)23)4-2-9-25-17)6-7-14(12)26-15-5-3-8-24-16(15)20/h2-10,26H,1H3. The minimum atomic E-state index is -4.64. The Kier molecular flexibility index (Phi) is 6.02. The number of anilines is 2. The van der Waals surface area contributed by atoms with Crippen molar-refractivity contribution in [1.29, 1.82) is 0 Å². The van der Waals surface area contributed by atoms with Gasteiger partial charge in [-0.2, -0.15) is 13.2 Å². The maximum Gasteiger partial charge on any atom is 0.421 e. The molecule has 6 nitrogen and oxygen atoms in total. The van der Waals surface area contributed by atoms with E-state index in [0.29, 0.717) is 16.0 Å². The van der Waals surface area contributed by atoms with Gasteiger partial charge < -0.3 is 14.8 Å². The predicted molar refractivity (Wildman–Crippen MR) is 102 cm³/mol. The summed E-state index contributed by atoms with van der Waals surface area (Å²) in [6, 6.07) is 9.61. The topological polar surface area (TPSA) is 73.3 Å². The zero-order valence-corrected chi connectivity index (χ0v) is 16.4. The number of hydrogen-bond acceptors (Lipinski definition) is 6. The minimum Gasteiger partial charge on any atom is -0.465 e. The summed E-state index contributed by atoms with van der Waals surface area (Å²) in [6.07, 6.45) is -1.87. The highest BCUT2D eigenvalue weighted by atomic mass is 79.9. The molecule has 1 N–H and O–H groups in total. The number of rotatable bonds is 5. The average molecular weight is 468 g/mol. The van der Waals surface area contributed by atoms with Gasteiger partial charge in [-0.3, -0.25) is 0 Å². The average Bonchev–Trinajstić information content (AvgIpc) is 2.69. The fourth-order valence-electron chi connectivity index (χ4n) is 2.40. The Balaban J connectivity index is 1.97. The number of halogens is 4. The predicted octanol–water partition coefficient (Wildman–Crippen LogP) is 5.58. The van der Waals surface area contributed by atoms with Gasteiger partial charge in [-0.1, -0.05) is 0 Å². The van der Waals surface area contributed by atoms with Gasteiger partial charge in [0.25, 0.3) is 0 Å². The number of carbonyl (C=O) groups excluding carboxylic acids is 1. The highest BCUT2D eigenvalue weighted by molar-refractivity contribution is 9.10. The van der Waals surface area contributed by atoms with Crippen LogP contribution in [0.25, 0.3) is 0 Å². The molecule has 2 heterocycles. The number of aromatic nitrogens is 2. The van der Waals surface area contributed by atoms with Crippen molar-refractivity contribution >= 4 is 33.3 Å². The molecule has 3 rings (SSSR count). The molecule has 0 spiro atoms. The summed E-state index contributed by atoms with van der Waals surface area (Å²) in [5.41, 5.74) is -0.0308. The third-order valence-electron chi connectivity index (χ3n) is 3.72. The molecule has 0 aliphatic heterocycles. The Morgan fingerprint density at radius 2 is 1.79 bits per heavy atom. The number of methoxy groups -OCH3 is 1. The summed E-state index contributed by atoms with van der Waals surface area (Å²) >= 11 is 3.29. The smallest absolute Gasteiger partial charge is 0.421 e. The molecule has 0 unspecified atom stereocenters. The number of nitrogens with zero attached hydrogens (tertiary/aromatic N) is 2. The van der Waals surface area contributed by atoms with E-state index < -0.39 is 23.6 Å². The molecule has 0 aliphatic rings. The molecule has 2 aromatic heterocycles. The van der Waals surface area contributed by atoms with Crippen molar-refractivity contribution in [2.75, 3.05) is 12.4 Å². The second-order valence-corrected chi connectivity index (χ2v) is 6.37. The maximum atomic E-state index is 13.1. The van der Waals surface area contributed by atoms with Gasteiger partial charge >= 0.3 is 12.1 Å². The molecule has 29 heavy (non-hydrogen) atoms. The van der Waals surface area contributed by atoms with E-state index in [0.717, 1.165) is 12.1 Å². The minimum absolute atomic E-state index is 0.00889. The van der Waals surface area contributed by atoms with Crippen LogP contribution in [0.5, 0.6) is 11.6 Å². The Hall–Kier alpha value is -3.14. The first-order chi connectivity index (χ1) is 13.8. The van der Waals surface area contributed by atoms with E-state index in [9.17, 15) is 18.0 Å². The zero-order chi connectivity index (χ0) is 21.0. The molecular formula is C19H13BrF3N3O3. The van der Waals surface area contributed by atoms with Crippen LogP contribution in [0.2, 0.25) is 0 Å². The molecule has 1 aromatic carbocycles. The first kappa shape index (κ1) is 20.6. The van der Waals surface area contributed by atoms with Gasteiger partial charge in [0, 0.05) is 12.4 Å². The second kappa shape index (κ2) is 8.48. The lowest BCUT2D eigenvalue weighted by atomic mass is 10.1. The van der Waals surface area contributed by atoms with Crippen LogP contribution in [-0.2, 0) is 10.9 Å². The SMILES string of the molecule is COC(=O)c1cc(Oc2ncccc2C(F)(F)F)ccc1Nc1cccnc1Br. The number of alkyl halides is 3. The van der Waals surface area contributed by atoms with Crippen LogP contribution in [0.4, 0.5) is 24.5 Å². The summed E-state index contributed by atoms with van der Waals surface area (Å²) in [6.45, 7) is 0. The molecule has 0 saturated heterocycles. The molecule has 0 bridgehead atoms. The van der Waals surface area contributed by atoms with Crippen molar-refractivity contribution < 1.29 is 27.4 Å². The first-order valence-electron chi connectivity index (χ1n) is 8.09. The second-order valence-electron chi connectivity index (χ2n) is 5.62. The van der Waals surface area contributed by atoms with Gasteiger partial charge in [0.05, 0.1) is 24.0 Å². The number of nitrogens with one attached hydrogen (secondary N) is 1. The molecule has 0 fully saturated rings. The molecule has 0 saturated carbocycles. The lowest BCUT2D eigenvalue weighted by molar-refractivity contribution is -0.138. The molecule has 150 valence electrons. The molecular weight excluding hydrogens is 455 g/mol. The van der Waals surface area contributed by atoms with Crippen LogP contribution in [0.1, 0.15) is 15.9 Å². The molecule has 0 amide bonds. The van der Waals surface area contributed by atoms with Crippen molar-refractivity contribution in [3.8, 4) is 11.6 Å². The first-order valence-corrected chi connectivity index (χ1v) is 8.89. The van der Waals surface area contributed by atoms with Gasteiger partial charge in [-0.25, -0.2) is 14.8 Å². The number of carbonyl (C=O) groups is 1.